The van der Waals surface area contributed by atoms with Crippen LogP contribution >= 0.6 is 0 Å². The Balaban J connectivity index is 0.000000180. The van der Waals surface area contributed by atoms with Crippen LogP contribution in [0.2, 0.25) is 0 Å². The second-order valence-corrected chi connectivity index (χ2v) is 5.01. The van der Waals surface area contributed by atoms with Crippen LogP contribution in [0, 0.1) is 41.5 Å². The molecule has 0 bridgehead atoms. The molecule has 1 aromatic heterocycles. The molecule has 0 unspecified atom stereocenters. The maximum atomic E-state index is 4.23. The van der Waals surface area contributed by atoms with Crippen LogP contribution in [0.4, 0.5) is 0 Å². The minimum absolute atomic E-state index is 1.13. The second-order valence-electron chi connectivity index (χ2n) is 5.01. The van der Waals surface area contributed by atoms with E-state index in [2.05, 4.69) is 57.9 Å². The molecule has 0 saturated carbocycles. The Labute approximate surface area is 111 Å². The standard InChI is InChI=1S/C9H12.C7H12N2/c1-7-4-5-8(2)9(3)6-7;1-5-6(2)8-9(4)7(5)3/h4-6H,1-3H3;1-4H3. The molecule has 0 saturated heterocycles. The summed E-state index contributed by atoms with van der Waals surface area (Å²) in [7, 11) is 1.97. The van der Waals surface area contributed by atoms with Crippen LogP contribution in [0.5, 0.6) is 0 Å². The predicted octanol–water partition coefficient (Wildman–Crippen LogP) is 3.96. The molecule has 0 spiro atoms. The first-order valence-electron chi connectivity index (χ1n) is 6.33. The lowest BCUT2D eigenvalue weighted by Crippen LogP contribution is -1.92. The SMILES string of the molecule is Cc1ccc(C)c(C)c1.Cc1nn(C)c(C)c1C. The summed E-state index contributed by atoms with van der Waals surface area (Å²) in [5.41, 5.74) is 7.80. The third kappa shape index (κ3) is 3.46. The van der Waals surface area contributed by atoms with Crippen LogP contribution in [0.25, 0.3) is 0 Å². The van der Waals surface area contributed by atoms with E-state index in [0.29, 0.717) is 0 Å². The average molecular weight is 244 g/mol. The zero-order valence-electron chi connectivity index (χ0n) is 12.6. The second kappa shape index (κ2) is 5.85. The van der Waals surface area contributed by atoms with E-state index in [1.165, 1.54) is 27.9 Å². The van der Waals surface area contributed by atoms with Crippen molar-refractivity contribution in [1.82, 2.24) is 9.78 Å². The number of nitrogens with zero attached hydrogens (tertiary/aromatic N) is 2. The van der Waals surface area contributed by atoms with Crippen molar-refractivity contribution >= 4 is 0 Å². The Bertz CT molecular complexity index is 514. The molecule has 2 rings (SSSR count). The van der Waals surface area contributed by atoms with Gasteiger partial charge < -0.3 is 0 Å². The number of hydrogen-bond donors (Lipinski definition) is 0. The van der Waals surface area contributed by atoms with Crippen molar-refractivity contribution in [2.45, 2.75) is 41.5 Å². The molecule has 98 valence electrons. The fourth-order valence-electron chi connectivity index (χ4n) is 1.77. The van der Waals surface area contributed by atoms with Crippen molar-refractivity contribution < 1.29 is 0 Å². The van der Waals surface area contributed by atoms with Crippen molar-refractivity contribution in [2.75, 3.05) is 0 Å². The summed E-state index contributed by atoms with van der Waals surface area (Å²) in [6.07, 6.45) is 0. The third-order valence-corrected chi connectivity index (χ3v) is 3.53. The van der Waals surface area contributed by atoms with Gasteiger partial charge in [-0.3, -0.25) is 4.68 Å². The van der Waals surface area contributed by atoms with Gasteiger partial charge in [-0.1, -0.05) is 23.8 Å². The Morgan fingerprint density at radius 3 is 1.78 bits per heavy atom. The fourth-order valence-corrected chi connectivity index (χ4v) is 1.77. The van der Waals surface area contributed by atoms with E-state index in [-0.39, 0.29) is 0 Å². The summed E-state index contributed by atoms with van der Waals surface area (Å²) < 4.78 is 1.91. The molecule has 0 N–H and O–H groups in total. The van der Waals surface area contributed by atoms with E-state index in [9.17, 15) is 0 Å². The summed E-state index contributed by atoms with van der Waals surface area (Å²) in [5, 5.41) is 4.23. The van der Waals surface area contributed by atoms with Crippen molar-refractivity contribution in [3.63, 3.8) is 0 Å². The fraction of sp³-hybridized carbons (Fsp3) is 0.438. The van der Waals surface area contributed by atoms with Gasteiger partial charge in [0.2, 0.25) is 0 Å². The molecule has 2 nitrogen and oxygen atoms in total. The van der Waals surface area contributed by atoms with Gasteiger partial charge in [-0.25, -0.2) is 0 Å². The number of aryl methyl sites for hydroxylation is 5. The monoisotopic (exact) mass is 244 g/mol. The number of aromatic nitrogens is 2. The molecule has 18 heavy (non-hydrogen) atoms. The maximum absolute atomic E-state index is 4.23. The lowest BCUT2D eigenvalue weighted by Gasteiger charge is -1.98. The van der Waals surface area contributed by atoms with Crippen LogP contribution in [0.15, 0.2) is 18.2 Å². The zero-order chi connectivity index (χ0) is 13.9. The van der Waals surface area contributed by atoms with Gasteiger partial charge in [-0.05, 0) is 58.2 Å². The van der Waals surface area contributed by atoms with Crippen LogP contribution in [-0.2, 0) is 7.05 Å². The largest absolute Gasteiger partial charge is 0.272 e. The molecule has 2 aromatic rings. The number of benzene rings is 1. The van der Waals surface area contributed by atoms with Crippen molar-refractivity contribution in [3.05, 3.63) is 51.8 Å². The molecule has 0 atom stereocenters. The Morgan fingerprint density at radius 1 is 0.889 bits per heavy atom. The van der Waals surface area contributed by atoms with Crippen LogP contribution in [0.1, 0.15) is 33.6 Å². The maximum Gasteiger partial charge on any atom is 0.0625 e. The highest BCUT2D eigenvalue weighted by atomic mass is 15.3. The first-order chi connectivity index (χ1) is 8.32. The summed E-state index contributed by atoms with van der Waals surface area (Å²) in [6, 6.07) is 6.50. The molecule has 1 aromatic carbocycles. The van der Waals surface area contributed by atoms with Gasteiger partial charge in [0.1, 0.15) is 0 Å². The minimum Gasteiger partial charge on any atom is -0.272 e. The van der Waals surface area contributed by atoms with Crippen LogP contribution < -0.4 is 0 Å². The first kappa shape index (κ1) is 14.5. The van der Waals surface area contributed by atoms with Crippen LogP contribution in [-0.4, -0.2) is 9.78 Å². The predicted molar refractivity (Wildman–Crippen MR) is 78.1 cm³/mol. The molecular formula is C16H24N2. The molecule has 0 aliphatic carbocycles. The smallest absolute Gasteiger partial charge is 0.0625 e. The van der Waals surface area contributed by atoms with Crippen molar-refractivity contribution in [3.8, 4) is 0 Å². The zero-order valence-corrected chi connectivity index (χ0v) is 12.6. The molecule has 2 heteroatoms. The van der Waals surface area contributed by atoms with E-state index in [1.807, 2.05) is 18.7 Å². The van der Waals surface area contributed by atoms with Gasteiger partial charge >= 0.3 is 0 Å². The van der Waals surface area contributed by atoms with Gasteiger partial charge in [0, 0.05) is 12.7 Å². The highest BCUT2D eigenvalue weighted by Crippen LogP contribution is 2.08. The molecular weight excluding hydrogens is 220 g/mol. The normalized spacial score (nSPS) is 9.94. The molecule has 0 amide bonds. The van der Waals surface area contributed by atoms with E-state index in [1.54, 1.807) is 0 Å². The minimum atomic E-state index is 1.13. The summed E-state index contributed by atoms with van der Waals surface area (Å²) >= 11 is 0. The number of hydrogen-bond acceptors (Lipinski definition) is 1. The van der Waals surface area contributed by atoms with Crippen molar-refractivity contribution in [2.24, 2.45) is 7.05 Å². The van der Waals surface area contributed by atoms with Crippen LogP contribution in [0.3, 0.4) is 0 Å². The Hall–Kier alpha value is -1.57. The van der Waals surface area contributed by atoms with Gasteiger partial charge in [-0.15, -0.1) is 0 Å². The number of rotatable bonds is 0. The summed E-state index contributed by atoms with van der Waals surface area (Å²) in [5.74, 6) is 0. The average Bonchev–Trinajstić information content (AvgIpc) is 2.52. The highest BCUT2D eigenvalue weighted by molar-refractivity contribution is 5.28. The topological polar surface area (TPSA) is 17.8 Å². The highest BCUT2D eigenvalue weighted by Gasteiger charge is 2.01. The molecule has 0 aliphatic rings. The van der Waals surface area contributed by atoms with Crippen molar-refractivity contribution in [1.29, 1.82) is 0 Å². The van der Waals surface area contributed by atoms with Gasteiger partial charge in [0.25, 0.3) is 0 Å². The molecule has 0 radical (unpaired) electrons. The summed E-state index contributed by atoms with van der Waals surface area (Å²) in [6.45, 7) is 12.6. The summed E-state index contributed by atoms with van der Waals surface area (Å²) in [4.78, 5) is 0. The van der Waals surface area contributed by atoms with Gasteiger partial charge in [-0.2, -0.15) is 5.10 Å². The molecule has 0 aliphatic heterocycles. The Morgan fingerprint density at radius 2 is 1.50 bits per heavy atom. The van der Waals surface area contributed by atoms with Gasteiger partial charge in [0.15, 0.2) is 0 Å². The van der Waals surface area contributed by atoms with E-state index in [0.717, 1.165) is 5.69 Å². The molecule has 0 fully saturated rings. The molecule has 1 heterocycles. The first-order valence-corrected chi connectivity index (χ1v) is 6.33. The van der Waals surface area contributed by atoms with E-state index < -0.39 is 0 Å². The van der Waals surface area contributed by atoms with E-state index in [4.69, 9.17) is 0 Å². The van der Waals surface area contributed by atoms with Gasteiger partial charge in [0.05, 0.1) is 5.69 Å². The lowest BCUT2D eigenvalue weighted by atomic mass is 10.1. The lowest BCUT2D eigenvalue weighted by molar-refractivity contribution is 0.730. The van der Waals surface area contributed by atoms with E-state index >= 15 is 0 Å². The Kier molecular flexibility index (Phi) is 4.71. The quantitative estimate of drug-likeness (QED) is 0.686. The third-order valence-electron chi connectivity index (χ3n) is 3.53.